The predicted octanol–water partition coefficient (Wildman–Crippen LogP) is 10.4. The molecule has 4 N–H and O–H groups in total. The van der Waals surface area contributed by atoms with Crippen molar-refractivity contribution in [3.8, 4) is 28.7 Å². The van der Waals surface area contributed by atoms with Crippen LogP contribution in [0.4, 0.5) is 17.1 Å². The van der Waals surface area contributed by atoms with E-state index in [0.717, 1.165) is 55.8 Å². The number of methoxy groups -OCH3 is 1. The van der Waals surface area contributed by atoms with Crippen LogP contribution in [-0.4, -0.2) is 12.2 Å². The van der Waals surface area contributed by atoms with Gasteiger partial charge in [-0.25, -0.2) is 0 Å². The minimum Gasteiger partial charge on any atom is -0.494 e. The Morgan fingerprint density at radius 3 is 2.18 bits per heavy atom. The number of nitrogens with one attached hydrogen (secondary N) is 1. The lowest BCUT2D eigenvalue weighted by Gasteiger charge is -2.23. The van der Waals surface area contributed by atoms with E-state index in [1.807, 2.05) is 48.5 Å². The molecule has 200 valence electrons. The van der Waals surface area contributed by atoms with Gasteiger partial charge in [-0.2, -0.15) is 0 Å². The normalized spacial score (nSPS) is 10.9. The van der Waals surface area contributed by atoms with Crippen LogP contribution < -0.4 is 25.3 Å². The number of hydrogen-bond acceptors (Lipinski definition) is 6. The Labute approximate surface area is 268 Å². The number of aliphatic hydroxyl groups is 1. The third-order valence-corrected chi connectivity index (χ3v) is 7.89. The van der Waals surface area contributed by atoms with Crippen LogP contribution >= 0.6 is 86.3 Å². The molecule has 38 heavy (non-hydrogen) atoms. The molecule has 0 saturated heterocycles. The highest BCUT2D eigenvalue weighted by atomic mass is 127. The molecule has 0 unspecified atom stereocenters. The van der Waals surface area contributed by atoms with Crippen molar-refractivity contribution < 1.29 is 19.3 Å². The van der Waals surface area contributed by atoms with Gasteiger partial charge in [0.1, 0.15) is 17.2 Å². The van der Waals surface area contributed by atoms with Crippen LogP contribution in [0.25, 0.3) is 0 Å². The van der Waals surface area contributed by atoms with Crippen molar-refractivity contribution in [2.45, 2.75) is 14.0 Å². The monoisotopic (exact) mass is 882 g/mol. The van der Waals surface area contributed by atoms with Crippen molar-refractivity contribution in [3.63, 3.8) is 0 Å². The van der Waals surface area contributed by atoms with Crippen molar-refractivity contribution in [2.24, 2.45) is 0 Å². The second-order valence-corrected chi connectivity index (χ2v) is 12.5. The Morgan fingerprint density at radius 2 is 1.50 bits per heavy atom. The van der Waals surface area contributed by atoms with Crippen LogP contribution in [0.1, 0.15) is 13.0 Å². The molecular formula is C27H23Br4IN2O4. The lowest BCUT2D eigenvalue weighted by atomic mass is 10.2. The van der Waals surface area contributed by atoms with Crippen molar-refractivity contribution >= 4 is 103 Å². The van der Waals surface area contributed by atoms with Crippen molar-refractivity contribution in [1.82, 2.24) is 0 Å². The van der Waals surface area contributed by atoms with E-state index in [1.54, 1.807) is 19.2 Å². The molecule has 0 radical (unpaired) electrons. The molecule has 4 aromatic rings. The molecule has 0 bridgehead atoms. The number of halogens is 5. The molecule has 1 heterocycles. The van der Waals surface area contributed by atoms with E-state index in [9.17, 15) is 5.11 Å². The number of rotatable bonds is 4. The molecule has 1 aliphatic rings. The molecular weight excluding hydrogens is 863 g/mol. The largest absolute Gasteiger partial charge is 0.494 e. The molecule has 0 atom stereocenters. The van der Waals surface area contributed by atoms with Gasteiger partial charge >= 0.3 is 0 Å². The Morgan fingerprint density at radius 1 is 0.842 bits per heavy atom. The minimum absolute atomic E-state index is 0. The zero-order valence-corrected chi connectivity index (χ0v) is 27.6. The van der Waals surface area contributed by atoms with Gasteiger partial charge in [0.25, 0.3) is 0 Å². The molecule has 0 saturated carbocycles. The zero-order valence-electron chi connectivity index (χ0n) is 19.1. The van der Waals surface area contributed by atoms with E-state index < -0.39 is 0 Å². The first-order valence-electron chi connectivity index (χ1n) is 10.6. The standard InChI is InChI=1S/C13H10Br2INO2.C13H9Br2NO2.CH4/c14-8-1-2-11(10(16)4-8)19-12-5-9(15)3-7(6-18)13(12)17;1-17-11-5-8(15)6-12-13(11)16-9-4-7(14)2-3-10(9)18-12;/h1-5,18H,6,17H2;2-6,16H,1H3;1H4. The maximum absolute atomic E-state index is 9.26. The average Bonchev–Trinajstić information content (AvgIpc) is 2.86. The first kappa shape index (κ1) is 31.0. The molecule has 11 heteroatoms. The van der Waals surface area contributed by atoms with Gasteiger partial charge in [0.05, 0.1) is 28.7 Å². The van der Waals surface area contributed by atoms with E-state index in [1.165, 1.54) is 0 Å². The fourth-order valence-electron chi connectivity index (χ4n) is 3.40. The molecule has 5 rings (SSSR count). The number of fused-ring (bicyclic) bond motifs is 2. The Bertz CT molecular complexity index is 1470. The third-order valence-electron chi connectivity index (χ3n) is 5.15. The van der Waals surface area contributed by atoms with Crippen LogP contribution in [0.15, 0.2) is 78.6 Å². The van der Waals surface area contributed by atoms with Gasteiger partial charge in [0, 0.05) is 23.5 Å². The summed E-state index contributed by atoms with van der Waals surface area (Å²) in [5, 5.41) is 12.6. The molecule has 0 spiro atoms. The van der Waals surface area contributed by atoms with E-state index >= 15 is 0 Å². The Hall–Kier alpha value is -1.51. The lowest BCUT2D eigenvalue weighted by molar-refractivity contribution is 0.282. The number of benzene rings is 4. The van der Waals surface area contributed by atoms with Gasteiger partial charge < -0.3 is 30.4 Å². The highest BCUT2D eigenvalue weighted by Crippen LogP contribution is 2.48. The smallest absolute Gasteiger partial charge is 0.155 e. The van der Waals surface area contributed by atoms with Crippen LogP contribution in [0.5, 0.6) is 28.7 Å². The second-order valence-electron chi connectivity index (χ2n) is 7.66. The predicted molar refractivity (Wildman–Crippen MR) is 176 cm³/mol. The number of nitrogen functional groups attached to an aromatic ring is 1. The van der Waals surface area contributed by atoms with Crippen molar-refractivity contribution in [2.75, 3.05) is 18.2 Å². The topological polar surface area (TPSA) is 86.0 Å². The second kappa shape index (κ2) is 13.7. The summed E-state index contributed by atoms with van der Waals surface area (Å²) in [5.41, 5.74) is 8.81. The summed E-state index contributed by atoms with van der Waals surface area (Å²) in [6, 6.07) is 18.9. The summed E-state index contributed by atoms with van der Waals surface area (Å²) in [6.45, 7) is -0.126. The third kappa shape index (κ3) is 7.36. The van der Waals surface area contributed by atoms with Gasteiger partial charge in [-0.15, -0.1) is 0 Å². The van der Waals surface area contributed by atoms with Crippen LogP contribution in [-0.2, 0) is 6.61 Å². The molecule has 0 aromatic heterocycles. The Balaban J connectivity index is 0.000000205. The summed E-state index contributed by atoms with van der Waals surface area (Å²) in [6.07, 6.45) is 0. The van der Waals surface area contributed by atoms with Gasteiger partial charge in [0.15, 0.2) is 17.2 Å². The Kier molecular flexibility index (Phi) is 11.2. The van der Waals surface area contributed by atoms with Gasteiger partial charge in [0.2, 0.25) is 0 Å². The summed E-state index contributed by atoms with van der Waals surface area (Å²) in [5.74, 6) is 3.53. The molecule has 4 aromatic carbocycles. The fraction of sp³-hybridized carbons (Fsp3) is 0.111. The average molecular weight is 886 g/mol. The van der Waals surface area contributed by atoms with Crippen LogP contribution in [0, 0.1) is 3.57 Å². The highest BCUT2D eigenvalue weighted by Gasteiger charge is 2.21. The maximum atomic E-state index is 9.26. The minimum atomic E-state index is -0.126. The summed E-state index contributed by atoms with van der Waals surface area (Å²) in [4.78, 5) is 0. The van der Waals surface area contributed by atoms with Crippen molar-refractivity contribution in [1.29, 1.82) is 0 Å². The number of aliphatic hydroxyl groups excluding tert-OH is 1. The number of anilines is 3. The zero-order chi connectivity index (χ0) is 26.7. The number of nitrogens with two attached hydrogens (primary N) is 1. The van der Waals surface area contributed by atoms with Crippen molar-refractivity contribution in [3.05, 3.63) is 87.7 Å². The molecule has 0 amide bonds. The highest BCUT2D eigenvalue weighted by molar-refractivity contribution is 14.1. The number of hydrogen-bond donors (Lipinski definition) is 3. The lowest BCUT2D eigenvalue weighted by Crippen LogP contribution is -2.04. The van der Waals surface area contributed by atoms with E-state index in [4.69, 9.17) is 19.9 Å². The van der Waals surface area contributed by atoms with Crippen LogP contribution in [0.2, 0.25) is 0 Å². The summed E-state index contributed by atoms with van der Waals surface area (Å²) in [7, 11) is 1.64. The summed E-state index contributed by atoms with van der Waals surface area (Å²) < 4.78 is 21.7. The fourth-order valence-corrected chi connectivity index (χ4v) is 6.08. The van der Waals surface area contributed by atoms with Gasteiger partial charge in [-0.05, 0) is 83.3 Å². The first-order chi connectivity index (χ1) is 17.7. The molecule has 6 nitrogen and oxygen atoms in total. The molecule has 0 aliphatic carbocycles. The SMILES string of the molecule is C.COc1cc(Br)cc2c1Nc1cc(Br)ccc1O2.Nc1c(CO)cc(Br)cc1Oc1ccc(Br)cc1I. The van der Waals surface area contributed by atoms with E-state index in [2.05, 4.69) is 91.6 Å². The van der Waals surface area contributed by atoms with E-state index in [-0.39, 0.29) is 14.0 Å². The summed E-state index contributed by atoms with van der Waals surface area (Å²) >= 11 is 15.9. The van der Waals surface area contributed by atoms with Gasteiger partial charge in [-0.1, -0.05) is 71.1 Å². The maximum Gasteiger partial charge on any atom is 0.155 e. The first-order valence-corrected chi connectivity index (χ1v) is 14.9. The number of ether oxygens (including phenoxy) is 3. The quantitative estimate of drug-likeness (QED) is 0.123. The van der Waals surface area contributed by atoms with Gasteiger partial charge in [-0.3, -0.25) is 0 Å². The molecule has 0 fully saturated rings. The molecule has 1 aliphatic heterocycles. The van der Waals surface area contributed by atoms with Crippen LogP contribution in [0.3, 0.4) is 0 Å². The van der Waals surface area contributed by atoms with E-state index in [0.29, 0.717) is 17.0 Å².